The molecule has 5 aromatic rings. The van der Waals surface area contributed by atoms with E-state index in [1.807, 2.05) is 24.5 Å². The number of pyridine rings is 2. The summed E-state index contributed by atoms with van der Waals surface area (Å²) < 4.78 is 4.96. The number of nitriles is 2. The Labute approximate surface area is 206 Å². The Bertz CT molecular complexity index is 1390. The van der Waals surface area contributed by atoms with Crippen molar-refractivity contribution in [2.75, 3.05) is 0 Å². The third-order valence-electron chi connectivity index (χ3n) is 4.88. The van der Waals surface area contributed by atoms with Crippen LogP contribution >= 0.6 is 0 Å². The minimum absolute atomic E-state index is 0.537. The van der Waals surface area contributed by atoms with E-state index in [1.54, 1.807) is 12.4 Å². The number of halogens is 2. The fourth-order valence-electron chi connectivity index (χ4n) is 3.49. The molecule has 0 unspecified atom stereocenters. The second-order valence-electron chi connectivity index (χ2n) is 6.92. The maximum absolute atomic E-state index is 9.29. The van der Waals surface area contributed by atoms with Crippen molar-refractivity contribution in [3.05, 3.63) is 111 Å². The standard InChI is InChI=1S/C26H14I2N4/c29-11-17-9-19(15-31-13-17)27-25-21-5-1-2-6-22(21)26(24-8-4-3-7-23(24)25)28-20-10-18(12-30)14-32-16-20/h1-10,13-16H/q-2. The van der Waals surface area contributed by atoms with Crippen molar-refractivity contribution in [2.24, 2.45) is 0 Å². The molecule has 32 heavy (non-hydrogen) atoms. The van der Waals surface area contributed by atoms with Gasteiger partial charge >= 0.3 is 207 Å². The van der Waals surface area contributed by atoms with Gasteiger partial charge < -0.3 is 0 Å². The van der Waals surface area contributed by atoms with E-state index < -0.39 is 42.4 Å². The van der Waals surface area contributed by atoms with Gasteiger partial charge in [-0.2, -0.15) is 0 Å². The fourth-order valence-corrected chi connectivity index (χ4v) is 9.36. The summed E-state index contributed by atoms with van der Waals surface area (Å²) in [5.41, 5.74) is 1.20. The first-order chi connectivity index (χ1) is 15.8. The zero-order valence-corrected chi connectivity index (χ0v) is 20.9. The van der Waals surface area contributed by atoms with Crippen LogP contribution in [0.5, 0.6) is 0 Å². The van der Waals surface area contributed by atoms with Crippen LogP contribution in [-0.2, 0) is 0 Å². The van der Waals surface area contributed by atoms with Crippen molar-refractivity contribution < 1.29 is 42.4 Å². The van der Waals surface area contributed by atoms with E-state index in [0.29, 0.717) is 11.1 Å². The zero-order valence-electron chi connectivity index (χ0n) is 16.6. The third kappa shape index (κ3) is 4.04. The molecule has 0 saturated carbocycles. The second kappa shape index (κ2) is 9.19. The van der Waals surface area contributed by atoms with Gasteiger partial charge in [-0.1, -0.05) is 0 Å². The molecule has 0 aliphatic heterocycles. The van der Waals surface area contributed by atoms with Gasteiger partial charge in [-0.15, -0.1) is 0 Å². The van der Waals surface area contributed by atoms with Crippen molar-refractivity contribution in [2.45, 2.75) is 0 Å². The van der Waals surface area contributed by atoms with Crippen molar-refractivity contribution in [1.29, 1.82) is 10.5 Å². The van der Waals surface area contributed by atoms with E-state index in [2.05, 4.69) is 70.6 Å². The molecule has 0 amide bonds. The maximum atomic E-state index is 9.29. The molecule has 0 aliphatic rings. The van der Waals surface area contributed by atoms with Crippen LogP contribution in [0.4, 0.5) is 0 Å². The van der Waals surface area contributed by atoms with Crippen molar-refractivity contribution in [3.63, 3.8) is 0 Å². The SMILES string of the molecule is N#Cc1cncc([I-]c2c3ccccc3c([I-]c3cncc(C#N)c3)c3ccccc23)c1. The number of hydrogen-bond acceptors (Lipinski definition) is 4. The van der Waals surface area contributed by atoms with Crippen LogP contribution in [0.25, 0.3) is 21.5 Å². The van der Waals surface area contributed by atoms with Crippen LogP contribution in [-0.4, -0.2) is 9.97 Å². The average molecular weight is 636 g/mol. The monoisotopic (exact) mass is 636 g/mol. The number of aromatic nitrogens is 2. The summed E-state index contributed by atoms with van der Waals surface area (Å²) in [6.45, 7) is 0. The second-order valence-corrected chi connectivity index (χ2v) is 12.6. The first-order valence-electron chi connectivity index (χ1n) is 9.70. The topological polar surface area (TPSA) is 73.4 Å². The van der Waals surface area contributed by atoms with Gasteiger partial charge in [-0.05, 0) is 0 Å². The molecule has 5 rings (SSSR count). The predicted octanol–water partition coefficient (Wildman–Crippen LogP) is -1.22. The summed E-state index contributed by atoms with van der Waals surface area (Å²) in [5, 5.41) is 23.6. The average Bonchev–Trinajstić information content (AvgIpc) is 2.86. The van der Waals surface area contributed by atoms with E-state index in [1.165, 1.54) is 28.7 Å². The van der Waals surface area contributed by atoms with E-state index in [4.69, 9.17) is 0 Å². The first-order valence-corrected chi connectivity index (χ1v) is 14.0. The number of benzene rings is 3. The first kappa shape index (κ1) is 20.8. The van der Waals surface area contributed by atoms with Gasteiger partial charge in [0.15, 0.2) is 0 Å². The molecule has 154 valence electrons. The Morgan fingerprint density at radius 1 is 0.562 bits per heavy atom. The summed E-state index contributed by atoms with van der Waals surface area (Å²) in [6.07, 6.45) is 7.00. The van der Waals surface area contributed by atoms with E-state index in [0.717, 1.165) is 7.14 Å². The molecule has 2 heterocycles. The van der Waals surface area contributed by atoms with E-state index in [9.17, 15) is 10.5 Å². The molecule has 0 radical (unpaired) electrons. The summed E-state index contributed by atoms with van der Waals surface area (Å²) in [5.74, 6) is 0. The van der Waals surface area contributed by atoms with Crippen LogP contribution in [0.15, 0.2) is 85.5 Å². The van der Waals surface area contributed by atoms with Crippen LogP contribution in [0.2, 0.25) is 0 Å². The summed E-state index contributed by atoms with van der Waals surface area (Å²) in [4.78, 5) is 8.56. The third-order valence-corrected chi connectivity index (χ3v) is 10.7. The molecule has 0 saturated heterocycles. The van der Waals surface area contributed by atoms with E-state index in [-0.39, 0.29) is 0 Å². The van der Waals surface area contributed by atoms with Crippen LogP contribution in [0.3, 0.4) is 0 Å². The predicted molar refractivity (Wildman–Crippen MR) is 114 cm³/mol. The Morgan fingerprint density at radius 2 is 0.938 bits per heavy atom. The normalized spacial score (nSPS) is 10.9. The van der Waals surface area contributed by atoms with Gasteiger partial charge in [-0.25, -0.2) is 0 Å². The fraction of sp³-hybridized carbons (Fsp3) is 0. The van der Waals surface area contributed by atoms with Gasteiger partial charge in [0.2, 0.25) is 0 Å². The number of fused-ring (bicyclic) bond motifs is 2. The molecule has 6 heteroatoms. The molecule has 0 aliphatic carbocycles. The Hall–Kier alpha value is -3.08. The molecule has 4 nitrogen and oxygen atoms in total. The molecule has 3 aromatic carbocycles. The Kier molecular flexibility index (Phi) is 5.97. The summed E-state index contributed by atoms with van der Waals surface area (Å²) in [6, 6.07) is 25.5. The van der Waals surface area contributed by atoms with Crippen molar-refractivity contribution in [1.82, 2.24) is 9.97 Å². The molecule has 0 spiro atoms. The molecule has 2 aromatic heterocycles. The van der Waals surface area contributed by atoms with Gasteiger partial charge in [0.1, 0.15) is 0 Å². The Morgan fingerprint density at radius 3 is 1.28 bits per heavy atom. The van der Waals surface area contributed by atoms with Gasteiger partial charge in [0, 0.05) is 0 Å². The summed E-state index contributed by atoms with van der Waals surface area (Å²) >= 11 is -1.07. The molecule has 0 bridgehead atoms. The number of nitrogens with zero attached hydrogens (tertiary/aromatic N) is 4. The van der Waals surface area contributed by atoms with Gasteiger partial charge in [-0.3, -0.25) is 0 Å². The quantitative estimate of drug-likeness (QED) is 0.184. The van der Waals surface area contributed by atoms with Gasteiger partial charge in [0.25, 0.3) is 0 Å². The number of rotatable bonds is 4. The van der Waals surface area contributed by atoms with Gasteiger partial charge in [0.05, 0.1) is 0 Å². The zero-order chi connectivity index (χ0) is 21.9. The summed E-state index contributed by atoms with van der Waals surface area (Å²) in [7, 11) is 0. The Balaban J connectivity index is 1.73. The van der Waals surface area contributed by atoms with Crippen LogP contribution < -0.4 is 42.4 Å². The molecular formula is C26H14I2N4-2. The van der Waals surface area contributed by atoms with Crippen molar-refractivity contribution in [3.8, 4) is 12.1 Å². The molecule has 0 atom stereocenters. The van der Waals surface area contributed by atoms with E-state index >= 15 is 0 Å². The van der Waals surface area contributed by atoms with Crippen LogP contribution in [0.1, 0.15) is 11.1 Å². The minimum atomic E-state index is -0.537. The molecule has 0 fully saturated rings. The van der Waals surface area contributed by atoms with Crippen LogP contribution in [0, 0.1) is 36.9 Å². The molecule has 0 N–H and O–H groups in total. The molecular weight excluding hydrogens is 622 g/mol. The number of hydrogen-bond donors (Lipinski definition) is 0. The van der Waals surface area contributed by atoms with Crippen molar-refractivity contribution >= 4 is 21.5 Å².